The minimum absolute atomic E-state index is 0.662. The summed E-state index contributed by atoms with van der Waals surface area (Å²) >= 11 is 5.55. The second-order valence-corrected chi connectivity index (χ2v) is 3.03. The maximum absolute atomic E-state index is 5.55. The lowest BCUT2D eigenvalue weighted by atomic mass is 10.3. The number of hydrogen-bond acceptors (Lipinski definition) is 3. The third kappa shape index (κ3) is 5.55. The highest BCUT2D eigenvalue weighted by atomic mass is 35.5. The van der Waals surface area contributed by atoms with Gasteiger partial charge in [-0.25, -0.2) is 0 Å². The van der Waals surface area contributed by atoms with Gasteiger partial charge in [0.1, 0.15) is 0 Å². The molecule has 0 aromatic rings. The number of hydrogen-bond donors (Lipinski definition) is 2. The van der Waals surface area contributed by atoms with Gasteiger partial charge in [-0.3, -0.25) is 4.90 Å². The average molecular weight is 192 g/mol. The molecular formula is C8H18ClN3. The molecule has 72 valence electrons. The molecule has 0 spiro atoms. The summed E-state index contributed by atoms with van der Waals surface area (Å²) in [7, 11) is 0. The summed E-state index contributed by atoms with van der Waals surface area (Å²) in [5.41, 5.74) is 13.6. The van der Waals surface area contributed by atoms with Crippen LogP contribution in [0.25, 0.3) is 0 Å². The predicted molar refractivity (Wildman–Crippen MR) is 54.2 cm³/mol. The molecule has 0 rings (SSSR count). The van der Waals surface area contributed by atoms with Crippen molar-refractivity contribution in [3.05, 3.63) is 11.1 Å². The molecule has 0 radical (unpaired) electrons. The van der Waals surface area contributed by atoms with Crippen molar-refractivity contribution in [1.29, 1.82) is 0 Å². The molecule has 0 atom stereocenters. The summed E-state index contributed by atoms with van der Waals surface area (Å²) in [5, 5.41) is 0. The Morgan fingerprint density at radius 1 is 1.33 bits per heavy atom. The van der Waals surface area contributed by atoms with E-state index in [1.165, 1.54) is 0 Å². The maximum Gasteiger partial charge on any atom is 0.0202 e. The van der Waals surface area contributed by atoms with Crippen LogP contribution in [-0.4, -0.2) is 37.6 Å². The lowest BCUT2D eigenvalue weighted by molar-refractivity contribution is 0.313. The van der Waals surface area contributed by atoms with Crippen LogP contribution in [0.15, 0.2) is 11.1 Å². The zero-order valence-electron chi connectivity index (χ0n) is 7.59. The van der Waals surface area contributed by atoms with Crippen LogP contribution < -0.4 is 11.5 Å². The Hall–Kier alpha value is -0.0900. The van der Waals surface area contributed by atoms with Crippen molar-refractivity contribution in [2.45, 2.75) is 6.92 Å². The van der Waals surface area contributed by atoms with E-state index < -0.39 is 0 Å². The molecule has 0 heterocycles. The molecule has 0 bridgehead atoms. The molecule has 0 aromatic carbocycles. The van der Waals surface area contributed by atoms with Crippen molar-refractivity contribution in [3.8, 4) is 0 Å². The Morgan fingerprint density at radius 2 is 1.83 bits per heavy atom. The fourth-order valence-corrected chi connectivity index (χ4v) is 1.09. The third-order valence-electron chi connectivity index (χ3n) is 1.55. The zero-order chi connectivity index (χ0) is 9.40. The second-order valence-electron chi connectivity index (χ2n) is 2.81. The molecule has 0 aliphatic carbocycles. The number of rotatable bonds is 6. The Bertz CT molecular complexity index is 130. The van der Waals surface area contributed by atoms with Gasteiger partial charge >= 0.3 is 0 Å². The van der Waals surface area contributed by atoms with Gasteiger partial charge in [-0.2, -0.15) is 0 Å². The normalized spacial score (nSPS) is 12.6. The lowest BCUT2D eigenvalue weighted by Gasteiger charge is -2.20. The standard InChI is InChI=1S/C8H18ClN3/c1-8(6-9)7-12(4-2-10)5-3-11/h6H,2-5,7,10-11H2,1H3. The molecule has 4 heteroatoms. The van der Waals surface area contributed by atoms with Gasteiger partial charge in [-0.15, -0.1) is 0 Å². The van der Waals surface area contributed by atoms with Crippen molar-refractivity contribution >= 4 is 11.6 Å². The smallest absolute Gasteiger partial charge is 0.0202 e. The van der Waals surface area contributed by atoms with Crippen molar-refractivity contribution in [2.24, 2.45) is 11.5 Å². The first-order chi connectivity index (χ1) is 5.74. The van der Waals surface area contributed by atoms with Crippen LogP contribution in [0.1, 0.15) is 6.92 Å². The van der Waals surface area contributed by atoms with Crippen molar-refractivity contribution in [2.75, 3.05) is 32.7 Å². The number of halogens is 1. The molecule has 4 N–H and O–H groups in total. The van der Waals surface area contributed by atoms with E-state index in [9.17, 15) is 0 Å². The van der Waals surface area contributed by atoms with E-state index in [-0.39, 0.29) is 0 Å². The van der Waals surface area contributed by atoms with E-state index in [4.69, 9.17) is 23.1 Å². The largest absolute Gasteiger partial charge is 0.329 e. The number of nitrogens with zero attached hydrogens (tertiary/aromatic N) is 1. The fraction of sp³-hybridized carbons (Fsp3) is 0.750. The molecule has 0 saturated heterocycles. The third-order valence-corrected chi connectivity index (χ3v) is 1.92. The highest BCUT2D eigenvalue weighted by Gasteiger charge is 2.02. The molecule has 0 saturated carbocycles. The SMILES string of the molecule is CC(=CCl)CN(CCN)CCN. The minimum Gasteiger partial charge on any atom is -0.329 e. The zero-order valence-corrected chi connectivity index (χ0v) is 8.35. The second kappa shape index (κ2) is 7.55. The fourth-order valence-electron chi connectivity index (χ4n) is 1.02. The van der Waals surface area contributed by atoms with Crippen LogP contribution in [0.4, 0.5) is 0 Å². The van der Waals surface area contributed by atoms with Crippen molar-refractivity contribution in [1.82, 2.24) is 4.90 Å². The monoisotopic (exact) mass is 191 g/mol. The lowest BCUT2D eigenvalue weighted by Crippen LogP contribution is -2.35. The Morgan fingerprint density at radius 3 is 2.17 bits per heavy atom. The van der Waals surface area contributed by atoms with Gasteiger partial charge in [0.25, 0.3) is 0 Å². The molecule has 0 amide bonds. The minimum atomic E-state index is 0.662. The number of nitrogens with two attached hydrogens (primary N) is 2. The summed E-state index contributed by atoms with van der Waals surface area (Å²) in [6.45, 7) is 5.93. The first-order valence-corrected chi connectivity index (χ1v) is 4.56. The molecule has 0 unspecified atom stereocenters. The van der Waals surface area contributed by atoms with Crippen LogP contribution >= 0.6 is 11.6 Å². The van der Waals surface area contributed by atoms with E-state index in [1.54, 1.807) is 5.54 Å². The first kappa shape index (κ1) is 11.9. The van der Waals surface area contributed by atoms with Crippen molar-refractivity contribution < 1.29 is 0 Å². The van der Waals surface area contributed by atoms with Crippen molar-refractivity contribution in [3.63, 3.8) is 0 Å². The summed E-state index contributed by atoms with van der Waals surface area (Å²) in [5.74, 6) is 0. The van der Waals surface area contributed by atoms with Gasteiger partial charge < -0.3 is 11.5 Å². The molecule has 3 nitrogen and oxygen atoms in total. The molecule has 0 aliphatic heterocycles. The van der Waals surface area contributed by atoms with Crippen LogP contribution in [0, 0.1) is 0 Å². The van der Waals surface area contributed by atoms with Gasteiger partial charge in [0, 0.05) is 38.3 Å². The summed E-state index contributed by atoms with van der Waals surface area (Å²) < 4.78 is 0. The Balaban J connectivity index is 3.77. The highest BCUT2D eigenvalue weighted by molar-refractivity contribution is 6.25. The van der Waals surface area contributed by atoms with Crippen LogP contribution in [0.3, 0.4) is 0 Å². The average Bonchev–Trinajstić information content (AvgIpc) is 2.05. The summed E-state index contributed by atoms with van der Waals surface area (Å²) in [6, 6.07) is 0. The maximum atomic E-state index is 5.55. The summed E-state index contributed by atoms with van der Waals surface area (Å²) in [4.78, 5) is 2.19. The van der Waals surface area contributed by atoms with E-state index in [0.29, 0.717) is 13.1 Å². The molecule has 0 aromatic heterocycles. The van der Waals surface area contributed by atoms with E-state index in [2.05, 4.69) is 4.90 Å². The summed E-state index contributed by atoms with van der Waals surface area (Å²) in [6.07, 6.45) is 0. The highest BCUT2D eigenvalue weighted by Crippen LogP contribution is 1.98. The predicted octanol–water partition coefficient (Wildman–Crippen LogP) is 0.348. The Kier molecular flexibility index (Phi) is 7.50. The molecule has 12 heavy (non-hydrogen) atoms. The topological polar surface area (TPSA) is 55.3 Å². The quantitative estimate of drug-likeness (QED) is 0.637. The Labute approximate surface area is 79.3 Å². The first-order valence-electron chi connectivity index (χ1n) is 4.13. The van der Waals surface area contributed by atoms with E-state index >= 15 is 0 Å². The van der Waals surface area contributed by atoms with Crippen LogP contribution in [0.5, 0.6) is 0 Å². The van der Waals surface area contributed by atoms with E-state index in [0.717, 1.165) is 25.2 Å². The van der Waals surface area contributed by atoms with E-state index in [1.807, 2.05) is 6.92 Å². The molecule has 0 aliphatic rings. The van der Waals surface area contributed by atoms with Gasteiger partial charge in [-0.1, -0.05) is 11.6 Å². The molecule has 0 fully saturated rings. The van der Waals surface area contributed by atoms with Gasteiger partial charge in [0.15, 0.2) is 0 Å². The van der Waals surface area contributed by atoms with Gasteiger partial charge in [0.2, 0.25) is 0 Å². The molecular weight excluding hydrogens is 174 g/mol. The van der Waals surface area contributed by atoms with Gasteiger partial charge in [-0.05, 0) is 12.5 Å². The van der Waals surface area contributed by atoms with Crippen LogP contribution in [-0.2, 0) is 0 Å². The van der Waals surface area contributed by atoms with Crippen LogP contribution in [0.2, 0.25) is 0 Å². The van der Waals surface area contributed by atoms with Gasteiger partial charge in [0.05, 0.1) is 0 Å².